The molecule has 0 aliphatic carbocycles. The van der Waals surface area contributed by atoms with Crippen LogP contribution >= 0.6 is 0 Å². The van der Waals surface area contributed by atoms with Crippen molar-refractivity contribution < 1.29 is 14.3 Å². The van der Waals surface area contributed by atoms with E-state index in [2.05, 4.69) is 27.8 Å². The molecule has 0 bridgehead atoms. The molecule has 0 unspecified atom stereocenters. The van der Waals surface area contributed by atoms with Crippen LogP contribution in [-0.2, 0) is 11.3 Å². The number of aryl methyl sites for hydroxylation is 1. The number of rotatable bonds is 8. The molecular formula is C22H24N4O3. The van der Waals surface area contributed by atoms with Crippen molar-refractivity contribution in [3.8, 4) is 11.5 Å². The molecule has 7 nitrogen and oxygen atoms in total. The van der Waals surface area contributed by atoms with Crippen LogP contribution in [0.2, 0.25) is 0 Å². The number of methoxy groups -OCH3 is 1. The number of ether oxygens (including phenoxy) is 2. The fourth-order valence-corrected chi connectivity index (χ4v) is 2.89. The van der Waals surface area contributed by atoms with Crippen molar-refractivity contribution >= 4 is 12.1 Å². The van der Waals surface area contributed by atoms with Gasteiger partial charge in [-0.1, -0.05) is 42.5 Å². The first-order valence-electron chi connectivity index (χ1n) is 9.24. The molecule has 7 heteroatoms. The molecule has 1 amide bonds. The second-order valence-electron chi connectivity index (χ2n) is 6.46. The van der Waals surface area contributed by atoms with Crippen molar-refractivity contribution in [1.82, 2.24) is 15.2 Å². The smallest absolute Gasteiger partial charge is 0.277 e. The van der Waals surface area contributed by atoms with E-state index in [9.17, 15) is 4.79 Å². The third-order valence-electron chi connectivity index (χ3n) is 4.42. The Morgan fingerprint density at radius 2 is 1.79 bits per heavy atom. The maximum atomic E-state index is 12.0. The van der Waals surface area contributed by atoms with Gasteiger partial charge in [-0.2, -0.15) is 10.2 Å². The number of amides is 1. The standard InChI is InChI=1S/C22H24N4O3/c1-16-19(17(2)26(25-16)14-18-9-5-4-6-10-18)13-23-24-22(27)15-29-21-12-8-7-11-20(21)28-3/h4-13H,14-15H2,1-3H3,(H,24,27)/b23-13+. The van der Waals surface area contributed by atoms with E-state index in [1.165, 1.54) is 5.56 Å². The molecule has 0 atom stereocenters. The molecule has 29 heavy (non-hydrogen) atoms. The molecule has 0 saturated heterocycles. The van der Waals surface area contributed by atoms with E-state index >= 15 is 0 Å². The van der Waals surface area contributed by atoms with Crippen molar-refractivity contribution in [3.05, 3.63) is 77.1 Å². The van der Waals surface area contributed by atoms with Crippen molar-refractivity contribution in [1.29, 1.82) is 0 Å². The van der Waals surface area contributed by atoms with Crippen LogP contribution in [0.25, 0.3) is 0 Å². The van der Waals surface area contributed by atoms with E-state index in [1.807, 2.05) is 48.9 Å². The number of hydrogen-bond acceptors (Lipinski definition) is 5. The molecule has 150 valence electrons. The van der Waals surface area contributed by atoms with Gasteiger partial charge in [-0.25, -0.2) is 5.43 Å². The van der Waals surface area contributed by atoms with Crippen LogP contribution in [0.4, 0.5) is 0 Å². The zero-order valence-corrected chi connectivity index (χ0v) is 16.8. The maximum Gasteiger partial charge on any atom is 0.277 e. The van der Waals surface area contributed by atoms with Gasteiger partial charge in [-0.05, 0) is 31.5 Å². The molecular weight excluding hydrogens is 368 g/mol. The number of hydrazone groups is 1. The number of aromatic nitrogens is 2. The van der Waals surface area contributed by atoms with E-state index in [0.29, 0.717) is 18.0 Å². The fourth-order valence-electron chi connectivity index (χ4n) is 2.89. The van der Waals surface area contributed by atoms with Crippen LogP contribution in [0.15, 0.2) is 59.7 Å². The number of carbonyl (C=O) groups excluding carboxylic acids is 1. The third-order valence-corrected chi connectivity index (χ3v) is 4.42. The number of hydrogen-bond donors (Lipinski definition) is 1. The summed E-state index contributed by atoms with van der Waals surface area (Å²) in [5.41, 5.74) is 6.36. The predicted octanol–water partition coefficient (Wildman–Crippen LogP) is 3.09. The zero-order chi connectivity index (χ0) is 20.6. The van der Waals surface area contributed by atoms with Gasteiger partial charge in [0.1, 0.15) is 0 Å². The summed E-state index contributed by atoms with van der Waals surface area (Å²) >= 11 is 0. The maximum absolute atomic E-state index is 12.0. The number of benzene rings is 2. The molecule has 3 rings (SSSR count). The van der Waals surface area contributed by atoms with Gasteiger partial charge in [0.15, 0.2) is 18.1 Å². The average molecular weight is 392 g/mol. The Hall–Kier alpha value is -3.61. The van der Waals surface area contributed by atoms with Gasteiger partial charge in [-0.3, -0.25) is 9.48 Å². The van der Waals surface area contributed by atoms with Crippen LogP contribution in [0.5, 0.6) is 11.5 Å². The molecule has 2 aromatic carbocycles. The highest BCUT2D eigenvalue weighted by atomic mass is 16.5. The Labute approximate surface area is 170 Å². The summed E-state index contributed by atoms with van der Waals surface area (Å²) in [5, 5.41) is 8.62. The first-order chi connectivity index (χ1) is 14.1. The van der Waals surface area contributed by atoms with Crippen LogP contribution in [0, 0.1) is 13.8 Å². The van der Waals surface area contributed by atoms with Crippen LogP contribution < -0.4 is 14.9 Å². The molecule has 1 N–H and O–H groups in total. The lowest BCUT2D eigenvalue weighted by Gasteiger charge is -2.09. The van der Waals surface area contributed by atoms with Gasteiger partial charge in [-0.15, -0.1) is 0 Å². The van der Waals surface area contributed by atoms with Crippen LogP contribution in [0.3, 0.4) is 0 Å². The van der Waals surface area contributed by atoms with Gasteiger partial charge >= 0.3 is 0 Å². The summed E-state index contributed by atoms with van der Waals surface area (Å²) in [5.74, 6) is 0.711. The molecule has 1 aromatic heterocycles. The number of para-hydroxylation sites is 2. The van der Waals surface area contributed by atoms with E-state index in [4.69, 9.17) is 9.47 Å². The Balaban J connectivity index is 1.58. The molecule has 3 aromatic rings. The second-order valence-corrected chi connectivity index (χ2v) is 6.46. The summed E-state index contributed by atoms with van der Waals surface area (Å²) in [6, 6.07) is 17.3. The first-order valence-corrected chi connectivity index (χ1v) is 9.24. The Morgan fingerprint density at radius 1 is 1.10 bits per heavy atom. The largest absolute Gasteiger partial charge is 0.493 e. The van der Waals surface area contributed by atoms with Crippen molar-refractivity contribution in [2.75, 3.05) is 13.7 Å². The lowest BCUT2D eigenvalue weighted by atomic mass is 10.2. The minimum Gasteiger partial charge on any atom is -0.493 e. The Morgan fingerprint density at radius 3 is 2.52 bits per heavy atom. The van der Waals surface area contributed by atoms with Gasteiger partial charge in [0.25, 0.3) is 5.91 Å². The summed E-state index contributed by atoms with van der Waals surface area (Å²) < 4.78 is 12.6. The fraction of sp³-hybridized carbons (Fsp3) is 0.227. The summed E-state index contributed by atoms with van der Waals surface area (Å²) in [6.45, 7) is 4.42. The lowest BCUT2D eigenvalue weighted by Crippen LogP contribution is -2.24. The minimum atomic E-state index is -0.362. The van der Waals surface area contributed by atoms with Crippen molar-refractivity contribution in [2.45, 2.75) is 20.4 Å². The SMILES string of the molecule is COc1ccccc1OCC(=O)N/N=C/c1c(C)nn(Cc2ccccc2)c1C. The number of nitrogens with zero attached hydrogens (tertiary/aromatic N) is 3. The highest BCUT2D eigenvalue weighted by Gasteiger charge is 2.11. The number of nitrogens with one attached hydrogen (secondary N) is 1. The molecule has 1 heterocycles. The topological polar surface area (TPSA) is 77.7 Å². The molecule has 0 aliphatic heterocycles. The molecule has 0 fully saturated rings. The molecule has 0 saturated carbocycles. The second kappa shape index (κ2) is 9.54. The average Bonchev–Trinajstić information content (AvgIpc) is 3.00. The molecule has 0 spiro atoms. The van der Waals surface area contributed by atoms with Gasteiger partial charge in [0.05, 0.1) is 25.6 Å². The highest BCUT2D eigenvalue weighted by molar-refractivity contribution is 5.84. The summed E-state index contributed by atoms with van der Waals surface area (Å²) in [7, 11) is 1.55. The van der Waals surface area contributed by atoms with Crippen LogP contribution in [0.1, 0.15) is 22.5 Å². The van der Waals surface area contributed by atoms with E-state index in [0.717, 1.165) is 17.0 Å². The van der Waals surface area contributed by atoms with Crippen LogP contribution in [-0.4, -0.2) is 35.6 Å². The third kappa shape index (κ3) is 5.22. The monoisotopic (exact) mass is 392 g/mol. The Bertz CT molecular complexity index is 997. The lowest BCUT2D eigenvalue weighted by molar-refractivity contribution is -0.123. The summed E-state index contributed by atoms with van der Waals surface area (Å²) in [6.07, 6.45) is 1.61. The van der Waals surface area contributed by atoms with Gasteiger partial charge in [0, 0.05) is 11.3 Å². The number of carbonyl (C=O) groups is 1. The van der Waals surface area contributed by atoms with E-state index in [-0.39, 0.29) is 12.5 Å². The normalized spacial score (nSPS) is 10.9. The predicted molar refractivity (Wildman–Crippen MR) is 111 cm³/mol. The summed E-state index contributed by atoms with van der Waals surface area (Å²) in [4.78, 5) is 12.0. The highest BCUT2D eigenvalue weighted by Crippen LogP contribution is 2.25. The van der Waals surface area contributed by atoms with Crippen molar-refractivity contribution in [2.24, 2.45) is 5.10 Å². The molecule has 0 aliphatic rings. The molecule has 0 radical (unpaired) electrons. The van der Waals surface area contributed by atoms with E-state index < -0.39 is 0 Å². The first kappa shape index (κ1) is 20.1. The van der Waals surface area contributed by atoms with Gasteiger partial charge < -0.3 is 9.47 Å². The quantitative estimate of drug-likeness (QED) is 0.472. The van der Waals surface area contributed by atoms with Crippen molar-refractivity contribution in [3.63, 3.8) is 0 Å². The zero-order valence-electron chi connectivity index (χ0n) is 16.8. The van der Waals surface area contributed by atoms with E-state index in [1.54, 1.807) is 25.5 Å². The van der Waals surface area contributed by atoms with Gasteiger partial charge in [0.2, 0.25) is 0 Å². The minimum absolute atomic E-state index is 0.164. The Kier molecular flexibility index (Phi) is 6.63.